The van der Waals surface area contributed by atoms with Crippen LogP contribution in [-0.4, -0.2) is 18.1 Å². The molecule has 17 heavy (non-hydrogen) atoms. The summed E-state index contributed by atoms with van der Waals surface area (Å²) < 4.78 is 5.60. The highest BCUT2D eigenvalue weighted by Crippen LogP contribution is 2.30. The number of hydrogen-bond donors (Lipinski definition) is 0. The van der Waals surface area contributed by atoms with Gasteiger partial charge in [-0.05, 0) is 38.0 Å². The van der Waals surface area contributed by atoms with Crippen molar-refractivity contribution in [1.82, 2.24) is 0 Å². The number of halogens is 1. The zero-order chi connectivity index (χ0) is 12.1. The summed E-state index contributed by atoms with van der Waals surface area (Å²) in [5.41, 5.74) is 0. The van der Waals surface area contributed by atoms with Crippen molar-refractivity contribution in [3.63, 3.8) is 0 Å². The number of ether oxygens (including phenoxy) is 1. The van der Waals surface area contributed by atoms with Crippen LogP contribution in [0.15, 0.2) is 36.5 Å². The fraction of sp³-hybridized carbons (Fsp3) is 0.600. The van der Waals surface area contributed by atoms with E-state index >= 15 is 0 Å². The molecule has 0 bridgehead atoms. The first-order valence-electron chi connectivity index (χ1n) is 6.58. The highest BCUT2D eigenvalue weighted by Gasteiger charge is 2.22. The molecule has 4 unspecified atom stereocenters. The van der Waals surface area contributed by atoms with Gasteiger partial charge in [-0.3, -0.25) is 0 Å². The molecular formula is C15H21ClO. The second-order valence-electron chi connectivity index (χ2n) is 4.83. The fourth-order valence-electron chi connectivity index (χ4n) is 2.59. The lowest BCUT2D eigenvalue weighted by Gasteiger charge is -2.27. The molecular weight excluding hydrogens is 232 g/mol. The van der Waals surface area contributed by atoms with Crippen LogP contribution >= 0.6 is 11.6 Å². The van der Waals surface area contributed by atoms with Gasteiger partial charge in [0.2, 0.25) is 0 Å². The van der Waals surface area contributed by atoms with Crippen LogP contribution in [0.3, 0.4) is 0 Å². The Labute approximate surface area is 109 Å². The molecule has 0 saturated heterocycles. The Bertz CT molecular complexity index is 319. The van der Waals surface area contributed by atoms with Crippen molar-refractivity contribution in [2.45, 2.75) is 37.7 Å². The molecule has 2 aliphatic rings. The van der Waals surface area contributed by atoms with Gasteiger partial charge in [-0.25, -0.2) is 0 Å². The van der Waals surface area contributed by atoms with Gasteiger partial charge in [-0.1, -0.05) is 36.5 Å². The van der Waals surface area contributed by atoms with Gasteiger partial charge in [0.05, 0.1) is 11.5 Å². The minimum absolute atomic E-state index is 0.165. The SMILES string of the molecule is CCOC1C=CC(CC2C=CC=CC2Cl)CC1. The third kappa shape index (κ3) is 3.72. The van der Waals surface area contributed by atoms with E-state index < -0.39 is 0 Å². The number of alkyl halides is 1. The Kier molecular flexibility index (Phi) is 4.87. The lowest BCUT2D eigenvalue weighted by molar-refractivity contribution is 0.0808. The molecule has 0 aromatic heterocycles. The first kappa shape index (κ1) is 12.9. The fourth-order valence-corrected chi connectivity index (χ4v) is 2.86. The average molecular weight is 253 g/mol. The molecule has 0 heterocycles. The molecule has 0 N–H and O–H groups in total. The van der Waals surface area contributed by atoms with Crippen LogP contribution in [0.4, 0.5) is 0 Å². The van der Waals surface area contributed by atoms with Gasteiger partial charge in [0.25, 0.3) is 0 Å². The second kappa shape index (κ2) is 6.42. The van der Waals surface area contributed by atoms with E-state index in [1.54, 1.807) is 0 Å². The van der Waals surface area contributed by atoms with Crippen molar-refractivity contribution >= 4 is 11.6 Å². The highest BCUT2D eigenvalue weighted by molar-refractivity contribution is 6.22. The van der Waals surface area contributed by atoms with Gasteiger partial charge in [0.15, 0.2) is 0 Å². The van der Waals surface area contributed by atoms with E-state index in [2.05, 4.69) is 37.3 Å². The van der Waals surface area contributed by atoms with Gasteiger partial charge < -0.3 is 4.74 Å². The zero-order valence-corrected chi connectivity index (χ0v) is 11.1. The molecule has 0 radical (unpaired) electrons. The Hall–Kier alpha value is -0.530. The van der Waals surface area contributed by atoms with Crippen molar-refractivity contribution < 1.29 is 4.74 Å². The summed E-state index contributed by atoms with van der Waals surface area (Å²) in [7, 11) is 0. The summed E-state index contributed by atoms with van der Waals surface area (Å²) in [6, 6.07) is 0. The molecule has 2 rings (SSSR count). The monoisotopic (exact) mass is 252 g/mol. The molecule has 2 aliphatic carbocycles. The van der Waals surface area contributed by atoms with Crippen LogP contribution < -0.4 is 0 Å². The first-order chi connectivity index (χ1) is 8.29. The molecule has 0 fully saturated rings. The Balaban J connectivity index is 1.83. The zero-order valence-electron chi connectivity index (χ0n) is 10.4. The molecule has 0 saturated carbocycles. The van der Waals surface area contributed by atoms with Crippen LogP contribution in [-0.2, 0) is 4.74 Å². The van der Waals surface area contributed by atoms with Crippen LogP contribution in [0.1, 0.15) is 26.2 Å². The van der Waals surface area contributed by atoms with E-state index in [4.69, 9.17) is 16.3 Å². The Morgan fingerprint density at radius 1 is 1.12 bits per heavy atom. The van der Waals surface area contributed by atoms with Gasteiger partial charge in [0.1, 0.15) is 0 Å². The van der Waals surface area contributed by atoms with Crippen LogP contribution in [0.2, 0.25) is 0 Å². The standard InChI is InChI=1S/C15H21ClO/c1-2-17-14-9-7-12(8-10-14)11-13-5-3-4-6-15(13)16/h3-7,9,12-15H,2,8,10-11H2,1H3. The van der Waals surface area contributed by atoms with Crippen molar-refractivity contribution in [3.05, 3.63) is 36.5 Å². The molecule has 0 aromatic carbocycles. The van der Waals surface area contributed by atoms with E-state index in [1.165, 1.54) is 6.42 Å². The molecule has 2 heteroatoms. The molecule has 0 amide bonds. The molecule has 4 atom stereocenters. The van der Waals surface area contributed by atoms with Gasteiger partial charge >= 0.3 is 0 Å². The van der Waals surface area contributed by atoms with E-state index in [1.807, 2.05) is 6.08 Å². The largest absolute Gasteiger partial charge is 0.374 e. The van der Waals surface area contributed by atoms with Gasteiger partial charge in [0, 0.05) is 6.61 Å². The number of hydrogen-bond acceptors (Lipinski definition) is 1. The molecule has 94 valence electrons. The molecule has 0 aliphatic heterocycles. The molecule has 0 aromatic rings. The summed E-state index contributed by atoms with van der Waals surface area (Å²) in [6.07, 6.45) is 16.9. The van der Waals surface area contributed by atoms with E-state index in [0.717, 1.165) is 19.4 Å². The number of rotatable bonds is 4. The van der Waals surface area contributed by atoms with Crippen molar-refractivity contribution in [2.75, 3.05) is 6.61 Å². The van der Waals surface area contributed by atoms with Crippen LogP contribution in [0.5, 0.6) is 0 Å². The molecule has 1 nitrogen and oxygen atoms in total. The maximum absolute atomic E-state index is 6.29. The Morgan fingerprint density at radius 2 is 1.94 bits per heavy atom. The van der Waals surface area contributed by atoms with E-state index in [-0.39, 0.29) is 5.38 Å². The van der Waals surface area contributed by atoms with E-state index in [0.29, 0.717) is 17.9 Å². The van der Waals surface area contributed by atoms with Crippen LogP contribution in [0, 0.1) is 11.8 Å². The summed E-state index contributed by atoms with van der Waals surface area (Å²) in [5.74, 6) is 1.15. The predicted molar refractivity (Wildman–Crippen MR) is 73.3 cm³/mol. The van der Waals surface area contributed by atoms with Gasteiger partial charge in [-0.2, -0.15) is 0 Å². The summed E-state index contributed by atoms with van der Waals surface area (Å²) in [6.45, 7) is 2.86. The quantitative estimate of drug-likeness (QED) is 0.541. The lowest BCUT2D eigenvalue weighted by atomic mass is 9.84. The molecule has 0 spiro atoms. The summed E-state index contributed by atoms with van der Waals surface area (Å²) in [5, 5.41) is 0.165. The van der Waals surface area contributed by atoms with Crippen molar-refractivity contribution in [3.8, 4) is 0 Å². The minimum Gasteiger partial charge on any atom is -0.374 e. The average Bonchev–Trinajstić information content (AvgIpc) is 2.35. The second-order valence-corrected chi connectivity index (χ2v) is 5.33. The third-order valence-electron chi connectivity index (χ3n) is 3.55. The Morgan fingerprint density at radius 3 is 2.59 bits per heavy atom. The lowest BCUT2D eigenvalue weighted by Crippen LogP contribution is -2.21. The maximum Gasteiger partial charge on any atom is 0.0755 e. The maximum atomic E-state index is 6.29. The first-order valence-corrected chi connectivity index (χ1v) is 7.02. The van der Waals surface area contributed by atoms with Crippen molar-refractivity contribution in [1.29, 1.82) is 0 Å². The highest BCUT2D eigenvalue weighted by atomic mass is 35.5. The third-order valence-corrected chi connectivity index (χ3v) is 4.02. The minimum atomic E-state index is 0.165. The predicted octanol–water partition coefficient (Wildman–Crippen LogP) is 4.10. The van der Waals surface area contributed by atoms with Gasteiger partial charge in [-0.15, -0.1) is 11.6 Å². The number of allylic oxidation sites excluding steroid dienone is 5. The van der Waals surface area contributed by atoms with E-state index in [9.17, 15) is 0 Å². The summed E-state index contributed by atoms with van der Waals surface area (Å²) >= 11 is 6.29. The topological polar surface area (TPSA) is 9.23 Å². The smallest absolute Gasteiger partial charge is 0.0755 e. The summed E-state index contributed by atoms with van der Waals surface area (Å²) in [4.78, 5) is 0. The van der Waals surface area contributed by atoms with Crippen molar-refractivity contribution in [2.24, 2.45) is 11.8 Å². The van der Waals surface area contributed by atoms with Crippen LogP contribution in [0.25, 0.3) is 0 Å². The normalized spacial score (nSPS) is 36.4.